The van der Waals surface area contributed by atoms with Crippen LogP contribution < -0.4 is 10.2 Å². The Balaban J connectivity index is 1.63. The second-order valence-electron chi connectivity index (χ2n) is 5.49. The van der Waals surface area contributed by atoms with Gasteiger partial charge in [-0.15, -0.1) is 0 Å². The van der Waals surface area contributed by atoms with Crippen molar-refractivity contribution in [1.29, 1.82) is 0 Å². The molecular formula is C14H19F2N3. The maximum Gasteiger partial charge on any atom is 0.168 e. The molecule has 0 amide bonds. The van der Waals surface area contributed by atoms with Gasteiger partial charge in [-0.2, -0.15) is 0 Å². The van der Waals surface area contributed by atoms with Crippen LogP contribution in [-0.4, -0.2) is 30.7 Å². The monoisotopic (exact) mass is 267 g/mol. The number of nitrogens with zero attached hydrogens (tertiary/aromatic N) is 2. The molecule has 5 heteroatoms. The van der Waals surface area contributed by atoms with Gasteiger partial charge in [0.05, 0.1) is 6.20 Å². The fourth-order valence-corrected chi connectivity index (χ4v) is 3.27. The summed E-state index contributed by atoms with van der Waals surface area (Å²) in [6, 6.07) is 1.54. The van der Waals surface area contributed by atoms with Gasteiger partial charge in [-0.1, -0.05) is 0 Å². The molecule has 3 nitrogen and oxygen atoms in total. The first-order chi connectivity index (χ1) is 9.24. The van der Waals surface area contributed by atoms with E-state index in [0.717, 1.165) is 44.7 Å². The van der Waals surface area contributed by atoms with Crippen molar-refractivity contribution in [2.45, 2.75) is 31.7 Å². The summed E-state index contributed by atoms with van der Waals surface area (Å²) in [7, 11) is 0. The lowest BCUT2D eigenvalue weighted by atomic mass is 9.88. The van der Waals surface area contributed by atoms with Crippen LogP contribution in [0.15, 0.2) is 12.3 Å². The predicted molar refractivity (Wildman–Crippen MR) is 70.1 cm³/mol. The molecule has 0 saturated carbocycles. The molecule has 2 aliphatic rings. The first-order valence-electron chi connectivity index (χ1n) is 7.03. The minimum Gasteiger partial charge on any atom is -0.354 e. The summed E-state index contributed by atoms with van der Waals surface area (Å²) in [6.07, 6.45) is 5.71. The smallest absolute Gasteiger partial charge is 0.168 e. The van der Waals surface area contributed by atoms with Gasteiger partial charge >= 0.3 is 0 Å². The molecule has 2 saturated heterocycles. The van der Waals surface area contributed by atoms with Crippen LogP contribution in [0.4, 0.5) is 14.6 Å². The molecule has 1 atom stereocenters. The number of piperidine rings is 1. The molecule has 0 aliphatic carbocycles. The molecule has 2 aliphatic heterocycles. The van der Waals surface area contributed by atoms with Crippen LogP contribution in [0, 0.1) is 17.6 Å². The third-order valence-corrected chi connectivity index (χ3v) is 4.30. The van der Waals surface area contributed by atoms with E-state index in [2.05, 4.69) is 10.3 Å². The third-order valence-electron chi connectivity index (χ3n) is 4.30. The maximum atomic E-state index is 13.7. The highest BCUT2D eigenvalue weighted by Crippen LogP contribution is 2.28. The van der Waals surface area contributed by atoms with E-state index in [1.165, 1.54) is 12.8 Å². The van der Waals surface area contributed by atoms with Gasteiger partial charge in [0.25, 0.3) is 0 Å². The molecule has 1 unspecified atom stereocenters. The van der Waals surface area contributed by atoms with Crippen LogP contribution in [0.3, 0.4) is 0 Å². The van der Waals surface area contributed by atoms with Crippen LogP contribution in [0.2, 0.25) is 0 Å². The minimum atomic E-state index is -0.619. The van der Waals surface area contributed by atoms with Gasteiger partial charge in [0, 0.05) is 25.2 Å². The zero-order valence-electron chi connectivity index (χ0n) is 10.9. The lowest BCUT2D eigenvalue weighted by molar-refractivity contribution is 0.317. The molecule has 3 heterocycles. The highest BCUT2D eigenvalue weighted by molar-refractivity contribution is 5.40. The summed E-state index contributed by atoms with van der Waals surface area (Å²) in [5.74, 6) is -0.203. The molecule has 2 fully saturated rings. The average Bonchev–Trinajstić information content (AvgIpc) is 2.93. The Bertz CT molecular complexity index is 438. The fourth-order valence-electron chi connectivity index (χ4n) is 3.27. The van der Waals surface area contributed by atoms with Crippen LogP contribution in [0.5, 0.6) is 0 Å². The molecule has 0 spiro atoms. The molecule has 0 bridgehead atoms. The molecule has 0 radical (unpaired) electrons. The van der Waals surface area contributed by atoms with E-state index in [1.54, 1.807) is 0 Å². The summed E-state index contributed by atoms with van der Waals surface area (Å²) < 4.78 is 26.5. The molecule has 1 aromatic heterocycles. The van der Waals surface area contributed by atoms with Gasteiger partial charge in [-0.25, -0.2) is 13.8 Å². The van der Waals surface area contributed by atoms with Gasteiger partial charge in [0.1, 0.15) is 5.82 Å². The molecule has 19 heavy (non-hydrogen) atoms. The van der Waals surface area contributed by atoms with Crippen LogP contribution in [0.1, 0.15) is 25.7 Å². The van der Waals surface area contributed by atoms with E-state index < -0.39 is 11.6 Å². The molecule has 104 valence electrons. The van der Waals surface area contributed by atoms with E-state index in [-0.39, 0.29) is 0 Å². The van der Waals surface area contributed by atoms with Crippen molar-refractivity contribution in [1.82, 2.24) is 10.3 Å². The van der Waals surface area contributed by atoms with Crippen molar-refractivity contribution in [2.75, 3.05) is 24.5 Å². The fraction of sp³-hybridized carbons (Fsp3) is 0.643. The third kappa shape index (κ3) is 2.71. The van der Waals surface area contributed by atoms with Crippen molar-refractivity contribution < 1.29 is 8.78 Å². The van der Waals surface area contributed by atoms with Crippen molar-refractivity contribution in [3.63, 3.8) is 0 Å². The predicted octanol–water partition coefficient (Wildman–Crippen LogP) is 2.33. The van der Waals surface area contributed by atoms with Crippen LogP contribution in [-0.2, 0) is 0 Å². The Hall–Kier alpha value is -1.23. The maximum absolute atomic E-state index is 13.7. The lowest BCUT2D eigenvalue weighted by Gasteiger charge is -2.35. The number of hydrogen-bond acceptors (Lipinski definition) is 3. The lowest BCUT2D eigenvalue weighted by Crippen LogP contribution is -2.41. The van der Waals surface area contributed by atoms with Gasteiger partial charge in [0.2, 0.25) is 0 Å². The molecule has 0 aromatic carbocycles. The number of halogens is 2. The van der Waals surface area contributed by atoms with E-state index in [1.807, 2.05) is 4.90 Å². The Kier molecular flexibility index (Phi) is 3.64. The van der Waals surface area contributed by atoms with Crippen molar-refractivity contribution in [3.8, 4) is 0 Å². The summed E-state index contributed by atoms with van der Waals surface area (Å²) in [6.45, 7) is 2.73. The minimum absolute atomic E-state index is 0.291. The van der Waals surface area contributed by atoms with E-state index >= 15 is 0 Å². The molecule has 1 aromatic rings. The van der Waals surface area contributed by atoms with Crippen LogP contribution in [0.25, 0.3) is 0 Å². The van der Waals surface area contributed by atoms with Gasteiger partial charge in [0.15, 0.2) is 11.6 Å². The van der Waals surface area contributed by atoms with Crippen molar-refractivity contribution in [3.05, 3.63) is 23.9 Å². The number of anilines is 1. The number of pyridine rings is 1. The second-order valence-corrected chi connectivity index (χ2v) is 5.49. The number of nitrogens with one attached hydrogen (secondary N) is 1. The molecule has 3 rings (SSSR count). The highest BCUT2D eigenvalue weighted by atomic mass is 19.1. The molecule has 1 N–H and O–H groups in total. The first kappa shape index (κ1) is 12.8. The Labute approximate surface area is 112 Å². The normalized spacial score (nSPS) is 24.9. The van der Waals surface area contributed by atoms with Crippen molar-refractivity contribution in [2.24, 2.45) is 5.92 Å². The quantitative estimate of drug-likeness (QED) is 0.891. The van der Waals surface area contributed by atoms with Gasteiger partial charge in [-0.05, 0) is 38.1 Å². The molecular weight excluding hydrogens is 248 g/mol. The van der Waals surface area contributed by atoms with Gasteiger partial charge < -0.3 is 10.2 Å². The summed E-state index contributed by atoms with van der Waals surface area (Å²) >= 11 is 0. The summed E-state index contributed by atoms with van der Waals surface area (Å²) in [5, 5.41) is 3.54. The van der Waals surface area contributed by atoms with Crippen LogP contribution >= 0.6 is 0 Å². The first-order valence-corrected chi connectivity index (χ1v) is 7.03. The largest absolute Gasteiger partial charge is 0.354 e. The standard InChI is InChI=1S/C14H19F2N3/c15-11-8-12(16)14(18-9-11)19-6-3-10(4-7-19)13-2-1-5-17-13/h8-10,13,17H,1-7H2. The Morgan fingerprint density at radius 2 is 2.00 bits per heavy atom. The van der Waals surface area contributed by atoms with E-state index in [9.17, 15) is 8.78 Å². The zero-order chi connectivity index (χ0) is 13.2. The van der Waals surface area contributed by atoms with Gasteiger partial charge in [-0.3, -0.25) is 0 Å². The number of rotatable bonds is 2. The summed E-state index contributed by atoms with van der Waals surface area (Å²) in [4.78, 5) is 5.82. The van der Waals surface area contributed by atoms with E-state index in [4.69, 9.17) is 0 Å². The SMILES string of the molecule is Fc1cnc(N2CCC(C3CCCN3)CC2)c(F)c1. The highest BCUT2D eigenvalue weighted by Gasteiger charge is 2.29. The average molecular weight is 267 g/mol. The number of hydrogen-bond donors (Lipinski definition) is 1. The Morgan fingerprint density at radius 3 is 2.63 bits per heavy atom. The topological polar surface area (TPSA) is 28.2 Å². The number of aromatic nitrogens is 1. The summed E-state index contributed by atoms with van der Waals surface area (Å²) in [5.41, 5.74) is 0. The van der Waals surface area contributed by atoms with E-state index in [0.29, 0.717) is 17.8 Å². The Morgan fingerprint density at radius 1 is 1.21 bits per heavy atom. The van der Waals surface area contributed by atoms with Crippen molar-refractivity contribution >= 4 is 5.82 Å². The second kappa shape index (κ2) is 5.41. The zero-order valence-corrected chi connectivity index (χ0v) is 10.9.